The van der Waals surface area contributed by atoms with Gasteiger partial charge >= 0.3 is 6.03 Å². The summed E-state index contributed by atoms with van der Waals surface area (Å²) in [6.45, 7) is 1.20. The van der Waals surface area contributed by atoms with Crippen molar-refractivity contribution in [2.45, 2.75) is 12.5 Å². The van der Waals surface area contributed by atoms with Gasteiger partial charge in [-0.2, -0.15) is 0 Å². The van der Waals surface area contributed by atoms with Crippen LogP contribution in [-0.2, 0) is 11.2 Å². The molecule has 0 aliphatic carbocycles. The molecule has 2 amide bonds. The molecule has 2 atom stereocenters. The van der Waals surface area contributed by atoms with E-state index in [9.17, 15) is 18.7 Å². The average molecular weight is 391 g/mol. The van der Waals surface area contributed by atoms with Gasteiger partial charge in [0.25, 0.3) is 0 Å². The van der Waals surface area contributed by atoms with Crippen LogP contribution in [0.1, 0.15) is 17.2 Å². The summed E-state index contributed by atoms with van der Waals surface area (Å²) in [7, 11) is 0. The molecule has 1 saturated heterocycles. The van der Waals surface area contributed by atoms with Crippen LogP contribution >= 0.6 is 0 Å². The monoisotopic (exact) mass is 391 g/mol. The highest BCUT2D eigenvalue weighted by Gasteiger charge is 2.26. The molecule has 0 saturated carbocycles. The van der Waals surface area contributed by atoms with E-state index in [1.807, 2.05) is 12.1 Å². The summed E-state index contributed by atoms with van der Waals surface area (Å²) in [6, 6.07) is 7.08. The van der Waals surface area contributed by atoms with Crippen LogP contribution in [0.15, 0.2) is 42.7 Å². The number of carbonyl (C=O) groups excluding carboxylic acids is 1. The number of nitrogens with zero attached hydrogens (tertiary/aromatic N) is 2. The summed E-state index contributed by atoms with van der Waals surface area (Å²) in [5.74, 6) is -1.99. The summed E-state index contributed by atoms with van der Waals surface area (Å²) in [6.07, 6.45) is 3.50. The highest BCUT2D eigenvalue weighted by molar-refractivity contribution is 5.74. The van der Waals surface area contributed by atoms with E-state index >= 15 is 0 Å². The first kappa shape index (κ1) is 20.2. The number of aromatic nitrogens is 1. The number of amides is 2. The molecule has 150 valence electrons. The number of morpholine rings is 1. The summed E-state index contributed by atoms with van der Waals surface area (Å²) in [4.78, 5) is 18.1. The standard InChI is InChI=1S/C20H23F2N3O3/c21-17-4-3-16(9-18(17)22)19-12-25(6-7-28-19)20(27)24-11-15(13-26)8-14-2-1-5-23-10-14/h1-5,9-10,15,19,26H,6-8,11-13H2,(H,24,27). The molecule has 1 aromatic carbocycles. The van der Waals surface area contributed by atoms with E-state index in [0.29, 0.717) is 31.7 Å². The SMILES string of the molecule is O=C(NCC(CO)Cc1cccnc1)N1CCOC(c2ccc(F)c(F)c2)C1. The number of hydrogen-bond acceptors (Lipinski definition) is 4. The Balaban J connectivity index is 1.53. The molecule has 1 fully saturated rings. The van der Waals surface area contributed by atoms with Gasteiger partial charge in [0, 0.05) is 38.0 Å². The third-order valence-corrected chi connectivity index (χ3v) is 4.72. The molecule has 2 heterocycles. The van der Waals surface area contributed by atoms with Gasteiger partial charge in [-0.3, -0.25) is 4.98 Å². The maximum atomic E-state index is 13.5. The van der Waals surface area contributed by atoms with Crippen molar-refractivity contribution >= 4 is 6.03 Å². The minimum absolute atomic E-state index is 0.0598. The lowest BCUT2D eigenvalue weighted by Gasteiger charge is -2.33. The molecular weight excluding hydrogens is 368 g/mol. The molecule has 2 N–H and O–H groups in total. The first-order valence-electron chi connectivity index (χ1n) is 9.16. The Labute approximate surface area is 162 Å². The topological polar surface area (TPSA) is 74.7 Å². The van der Waals surface area contributed by atoms with E-state index in [4.69, 9.17) is 4.74 Å². The number of aliphatic hydroxyl groups excluding tert-OH is 1. The van der Waals surface area contributed by atoms with E-state index in [1.54, 1.807) is 17.3 Å². The molecule has 0 bridgehead atoms. The Morgan fingerprint density at radius 1 is 1.36 bits per heavy atom. The van der Waals surface area contributed by atoms with E-state index in [1.165, 1.54) is 6.07 Å². The highest BCUT2D eigenvalue weighted by atomic mass is 19.2. The van der Waals surface area contributed by atoms with Crippen molar-refractivity contribution in [3.8, 4) is 0 Å². The Morgan fingerprint density at radius 3 is 2.93 bits per heavy atom. The Kier molecular flexibility index (Phi) is 6.89. The lowest BCUT2D eigenvalue weighted by Crippen LogP contribution is -2.48. The van der Waals surface area contributed by atoms with Crippen LogP contribution in [0, 0.1) is 17.6 Å². The zero-order chi connectivity index (χ0) is 19.9. The van der Waals surface area contributed by atoms with Crippen LogP contribution in [0.4, 0.5) is 13.6 Å². The predicted octanol–water partition coefficient (Wildman–Crippen LogP) is 2.29. The van der Waals surface area contributed by atoms with E-state index < -0.39 is 17.7 Å². The molecule has 6 nitrogen and oxygen atoms in total. The number of nitrogens with one attached hydrogen (secondary N) is 1. The minimum atomic E-state index is -0.941. The summed E-state index contributed by atoms with van der Waals surface area (Å²) < 4.78 is 32.2. The van der Waals surface area contributed by atoms with Gasteiger partial charge in [0.15, 0.2) is 11.6 Å². The maximum absolute atomic E-state index is 13.5. The lowest BCUT2D eigenvalue weighted by atomic mass is 10.0. The van der Waals surface area contributed by atoms with Gasteiger partial charge in [-0.15, -0.1) is 0 Å². The van der Waals surface area contributed by atoms with Gasteiger partial charge < -0.3 is 20.1 Å². The molecule has 28 heavy (non-hydrogen) atoms. The van der Waals surface area contributed by atoms with Gasteiger partial charge in [0.2, 0.25) is 0 Å². The number of halogens is 2. The predicted molar refractivity (Wildman–Crippen MR) is 98.5 cm³/mol. The van der Waals surface area contributed by atoms with Crippen LogP contribution in [0.25, 0.3) is 0 Å². The van der Waals surface area contributed by atoms with Crippen molar-refractivity contribution in [1.29, 1.82) is 0 Å². The second kappa shape index (κ2) is 9.57. The van der Waals surface area contributed by atoms with Crippen molar-refractivity contribution in [3.05, 3.63) is 65.5 Å². The third kappa shape index (κ3) is 5.24. The summed E-state index contributed by atoms with van der Waals surface area (Å²) in [5, 5.41) is 12.4. The number of benzene rings is 1. The smallest absolute Gasteiger partial charge is 0.317 e. The number of ether oxygens (including phenoxy) is 1. The quantitative estimate of drug-likeness (QED) is 0.793. The van der Waals surface area contributed by atoms with Crippen LogP contribution in [0.5, 0.6) is 0 Å². The molecule has 8 heteroatoms. The molecule has 0 spiro atoms. The van der Waals surface area contributed by atoms with E-state index in [0.717, 1.165) is 17.7 Å². The van der Waals surface area contributed by atoms with E-state index in [-0.39, 0.29) is 25.1 Å². The lowest BCUT2D eigenvalue weighted by molar-refractivity contribution is -0.0157. The van der Waals surface area contributed by atoms with Gasteiger partial charge in [-0.25, -0.2) is 13.6 Å². The fourth-order valence-corrected chi connectivity index (χ4v) is 3.14. The number of hydrogen-bond donors (Lipinski definition) is 2. The van der Waals surface area contributed by atoms with E-state index in [2.05, 4.69) is 10.3 Å². The normalized spacial score (nSPS) is 18.0. The van der Waals surface area contributed by atoms with Crippen molar-refractivity contribution < 1.29 is 23.4 Å². The Bertz CT molecular complexity index is 792. The highest BCUT2D eigenvalue weighted by Crippen LogP contribution is 2.23. The van der Waals surface area contributed by atoms with Crippen molar-refractivity contribution in [2.75, 3.05) is 32.8 Å². The van der Waals surface area contributed by atoms with Crippen molar-refractivity contribution in [3.63, 3.8) is 0 Å². The zero-order valence-electron chi connectivity index (χ0n) is 15.4. The van der Waals surface area contributed by atoms with Gasteiger partial charge in [-0.1, -0.05) is 12.1 Å². The third-order valence-electron chi connectivity index (χ3n) is 4.72. The van der Waals surface area contributed by atoms with Crippen molar-refractivity contribution in [1.82, 2.24) is 15.2 Å². The van der Waals surface area contributed by atoms with Gasteiger partial charge in [0.1, 0.15) is 6.10 Å². The van der Waals surface area contributed by atoms with Crippen LogP contribution in [-0.4, -0.2) is 53.9 Å². The second-order valence-corrected chi connectivity index (χ2v) is 6.78. The van der Waals surface area contributed by atoms with Crippen molar-refractivity contribution in [2.24, 2.45) is 5.92 Å². The minimum Gasteiger partial charge on any atom is -0.396 e. The summed E-state index contributed by atoms with van der Waals surface area (Å²) >= 11 is 0. The first-order valence-corrected chi connectivity index (χ1v) is 9.16. The largest absolute Gasteiger partial charge is 0.396 e. The Hall–Kier alpha value is -2.58. The van der Waals surface area contributed by atoms with Crippen LogP contribution < -0.4 is 5.32 Å². The molecule has 2 unspecified atom stereocenters. The number of carbonyl (C=O) groups is 1. The number of aliphatic hydroxyl groups is 1. The van der Waals surface area contributed by atoms with Gasteiger partial charge in [-0.05, 0) is 35.7 Å². The van der Waals surface area contributed by atoms with Crippen LogP contribution in [0.2, 0.25) is 0 Å². The molecule has 2 aromatic rings. The molecular formula is C20H23F2N3O3. The Morgan fingerprint density at radius 2 is 2.21 bits per heavy atom. The first-order chi connectivity index (χ1) is 13.6. The number of rotatable bonds is 6. The average Bonchev–Trinajstić information content (AvgIpc) is 2.73. The molecule has 1 aliphatic rings. The van der Waals surface area contributed by atoms with Crippen LogP contribution in [0.3, 0.4) is 0 Å². The summed E-state index contributed by atoms with van der Waals surface area (Å²) in [5.41, 5.74) is 1.47. The molecule has 1 aliphatic heterocycles. The number of pyridine rings is 1. The molecule has 0 radical (unpaired) electrons. The molecule has 1 aromatic heterocycles. The fourth-order valence-electron chi connectivity index (χ4n) is 3.14. The fraction of sp³-hybridized carbons (Fsp3) is 0.400. The van der Waals surface area contributed by atoms with Gasteiger partial charge in [0.05, 0.1) is 13.2 Å². The maximum Gasteiger partial charge on any atom is 0.317 e. The number of urea groups is 1. The molecule has 3 rings (SSSR count). The second-order valence-electron chi connectivity index (χ2n) is 6.78. The zero-order valence-corrected chi connectivity index (χ0v) is 15.4.